The van der Waals surface area contributed by atoms with Crippen LogP contribution in [0.3, 0.4) is 0 Å². The highest BCUT2D eigenvalue weighted by Crippen LogP contribution is 2.25. The van der Waals surface area contributed by atoms with E-state index in [9.17, 15) is 0 Å². The maximum Gasteiger partial charge on any atom is 0.0455 e. The van der Waals surface area contributed by atoms with Crippen molar-refractivity contribution in [3.8, 4) is 0 Å². The number of hydrogen-bond acceptors (Lipinski definition) is 4. The Morgan fingerprint density at radius 3 is 3.00 bits per heavy atom. The Morgan fingerprint density at radius 1 is 1.56 bits per heavy atom. The van der Waals surface area contributed by atoms with Crippen LogP contribution in [0.25, 0.3) is 0 Å². The largest absolute Gasteiger partial charge is 0.329 e. The minimum atomic E-state index is 0.185. The van der Waals surface area contributed by atoms with Gasteiger partial charge in [0.05, 0.1) is 0 Å². The predicted molar refractivity (Wildman–Crippen MR) is 79.2 cm³/mol. The van der Waals surface area contributed by atoms with Gasteiger partial charge in [-0.05, 0) is 51.3 Å². The molecule has 0 saturated carbocycles. The molecule has 1 aromatic rings. The van der Waals surface area contributed by atoms with Gasteiger partial charge in [0.2, 0.25) is 0 Å². The number of likely N-dealkylation sites (tertiary alicyclic amines) is 1. The molecule has 1 atom stereocenters. The van der Waals surface area contributed by atoms with Gasteiger partial charge in [-0.2, -0.15) is 0 Å². The van der Waals surface area contributed by atoms with E-state index in [0.29, 0.717) is 0 Å². The van der Waals surface area contributed by atoms with E-state index in [1.54, 1.807) is 0 Å². The van der Waals surface area contributed by atoms with Crippen molar-refractivity contribution >= 4 is 11.3 Å². The van der Waals surface area contributed by atoms with Crippen LogP contribution in [0.5, 0.6) is 0 Å². The second kappa shape index (κ2) is 6.15. The van der Waals surface area contributed by atoms with E-state index < -0.39 is 0 Å². The van der Waals surface area contributed by atoms with Gasteiger partial charge in [0, 0.05) is 30.1 Å². The first-order valence-corrected chi connectivity index (χ1v) is 7.66. The van der Waals surface area contributed by atoms with E-state index in [4.69, 9.17) is 5.73 Å². The summed E-state index contributed by atoms with van der Waals surface area (Å²) in [6.07, 6.45) is 3.63. The minimum Gasteiger partial charge on any atom is -0.329 e. The van der Waals surface area contributed by atoms with Gasteiger partial charge in [-0.25, -0.2) is 0 Å². The van der Waals surface area contributed by atoms with Crippen molar-refractivity contribution in [2.75, 3.05) is 40.3 Å². The lowest BCUT2D eigenvalue weighted by Gasteiger charge is -2.47. The normalized spacial score (nSPS) is 25.8. The summed E-state index contributed by atoms with van der Waals surface area (Å²) >= 11 is 1.85. The monoisotopic (exact) mass is 267 g/mol. The molecule has 0 bridgehead atoms. The van der Waals surface area contributed by atoms with E-state index >= 15 is 0 Å². The number of piperidine rings is 1. The number of likely N-dealkylation sites (N-methyl/N-ethyl adjacent to an activating group) is 2. The molecule has 2 N–H and O–H groups in total. The lowest BCUT2D eigenvalue weighted by Crippen LogP contribution is -2.61. The second-order valence-corrected chi connectivity index (χ2v) is 6.55. The first-order chi connectivity index (χ1) is 8.66. The summed E-state index contributed by atoms with van der Waals surface area (Å²) in [6.45, 7) is 4.18. The summed E-state index contributed by atoms with van der Waals surface area (Å²) in [5, 5.41) is 2.16. The zero-order chi connectivity index (χ0) is 13.0. The topological polar surface area (TPSA) is 32.5 Å². The number of rotatable bonds is 5. The molecule has 0 aliphatic carbocycles. The average Bonchev–Trinajstić information content (AvgIpc) is 2.88. The minimum absolute atomic E-state index is 0.185. The fourth-order valence-electron chi connectivity index (χ4n) is 2.94. The maximum atomic E-state index is 6.08. The maximum absolute atomic E-state index is 6.08. The molecule has 4 heteroatoms. The highest BCUT2D eigenvalue weighted by atomic mass is 32.1. The summed E-state index contributed by atoms with van der Waals surface area (Å²) in [6, 6.07) is 4.35. The molecule has 0 spiro atoms. The van der Waals surface area contributed by atoms with E-state index in [0.717, 1.165) is 26.1 Å². The first kappa shape index (κ1) is 14.0. The molecular formula is C14H25N3S. The Hall–Kier alpha value is -0.420. The average molecular weight is 267 g/mol. The first-order valence-electron chi connectivity index (χ1n) is 6.78. The van der Waals surface area contributed by atoms with Crippen molar-refractivity contribution in [1.82, 2.24) is 9.80 Å². The van der Waals surface area contributed by atoms with Crippen LogP contribution in [0.4, 0.5) is 0 Å². The number of thiophene rings is 1. The Kier molecular flexibility index (Phi) is 4.78. The molecule has 102 valence electrons. The van der Waals surface area contributed by atoms with E-state index in [2.05, 4.69) is 41.4 Å². The summed E-state index contributed by atoms with van der Waals surface area (Å²) in [4.78, 5) is 6.37. The van der Waals surface area contributed by atoms with Gasteiger partial charge in [0.15, 0.2) is 0 Å². The molecule has 1 unspecified atom stereocenters. The van der Waals surface area contributed by atoms with Crippen LogP contribution < -0.4 is 5.73 Å². The highest BCUT2D eigenvalue weighted by molar-refractivity contribution is 7.09. The molecule has 1 aromatic heterocycles. The second-order valence-electron chi connectivity index (χ2n) is 5.52. The van der Waals surface area contributed by atoms with Crippen molar-refractivity contribution < 1.29 is 0 Å². The van der Waals surface area contributed by atoms with Crippen LogP contribution in [0.2, 0.25) is 0 Å². The quantitative estimate of drug-likeness (QED) is 0.880. The Labute approximate surface area is 115 Å². The fraction of sp³-hybridized carbons (Fsp3) is 0.714. The molecule has 1 fully saturated rings. The zero-order valence-corrected chi connectivity index (χ0v) is 12.4. The SMILES string of the molecule is CN1CCCC(CN)(N(C)CCc2cccs2)C1. The number of nitrogens with two attached hydrogens (primary N) is 1. The molecule has 2 rings (SSSR count). The Bertz CT molecular complexity index is 352. The van der Waals surface area contributed by atoms with Crippen molar-refractivity contribution in [3.05, 3.63) is 22.4 Å². The summed E-state index contributed by atoms with van der Waals surface area (Å²) in [5.74, 6) is 0. The lowest BCUT2D eigenvalue weighted by molar-refractivity contribution is 0.0459. The van der Waals surface area contributed by atoms with Crippen molar-refractivity contribution in [1.29, 1.82) is 0 Å². The molecular weight excluding hydrogens is 242 g/mol. The van der Waals surface area contributed by atoms with Gasteiger partial charge in [0.25, 0.3) is 0 Å². The molecule has 0 radical (unpaired) electrons. The third-order valence-electron chi connectivity index (χ3n) is 4.21. The van der Waals surface area contributed by atoms with Crippen LogP contribution in [-0.2, 0) is 6.42 Å². The van der Waals surface area contributed by atoms with Crippen molar-refractivity contribution in [3.63, 3.8) is 0 Å². The van der Waals surface area contributed by atoms with Gasteiger partial charge < -0.3 is 10.6 Å². The van der Waals surface area contributed by atoms with Gasteiger partial charge in [-0.1, -0.05) is 6.07 Å². The molecule has 3 nitrogen and oxygen atoms in total. The molecule has 1 aliphatic rings. The Morgan fingerprint density at radius 2 is 2.39 bits per heavy atom. The standard InChI is InChI=1S/C14H25N3S/c1-16-8-4-7-14(11-15,12-16)17(2)9-6-13-5-3-10-18-13/h3,5,10H,4,6-9,11-12,15H2,1-2H3. The lowest BCUT2D eigenvalue weighted by atomic mass is 9.87. The molecule has 18 heavy (non-hydrogen) atoms. The molecule has 0 aromatic carbocycles. The fourth-order valence-corrected chi connectivity index (χ4v) is 3.64. The molecule has 0 amide bonds. The Balaban J connectivity index is 1.94. The smallest absolute Gasteiger partial charge is 0.0455 e. The third kappa shape index (κ3) is 3.12. The van der Waals surface area contributed by atoms with E-state index in [1.807, 2.05) is 11.3 Å². The van der Waals surface area contributed by atoms with Gasteiger partial charge in [-0.3, -0.25) is 4.90 Å². The van der Waals surface area contributed by atoms with Crippen LogP contribution in [-0.4, -0.2) is 55.6 Å². The third-order valence-corrected chi connectivity index (χ3v) is 5.15. The molecule has 2 heterocycles. The molecule has 1 saturated heterocycles. The van der Waals surface area contributed by atoms with Crippen molar-refractivity contribution in [2.45, 2.75) is 24.8 Å². The van der Waals surface area contributed by atoms with Gasteiger partial charge >= 0.3 is 0 Å². The highest BCUT2D eigenvalue weighted by Gasteiger charge is 2.36. The van der Waals surface area contributed by atoms with Gasteiger partial charge in [-0.15, -0.1) is 11.3 Å². The van der Waals surface area contributed by atoms with Crippen molar-refractivity contribution in [2.24, 2.45) is 5.73 Å². The summed E-state index contributed by atoms with van der Waals surface area (Å²) < 4.78 is 0. The summed E-state index contributed by atoms with van der Waals surface area (Å²) in [7, 11) is 4.44. The van der Waals surface area contributed by atoms with Crippen LogP contribution in [0.15, 0.2) is 17.5 Å². The van der Waals surface area contributed by atoms with Crippen LogP contribution in [0, 0.1) is 0 Å². The number of hydrogen-bond donors (Lipinski definition) is 1. The van der Waals surface area contributed by atoms with E-state index in [-0.39, 0.29) is 5.54 Å². The molecule has 1 aliphatic heterocycles. The van der Waals surface area contributed by atoms with Crippen LogP contribution in [0.1, 0.15) is 17.7 Å². The number of nitrogens with zero attached hydrogens (tertiary/aromatic N) is 2. The van der Waals surface area contributed by atoms with Gasteiger partial charge in [0.1, 0.15) is 0 Å². The van der Waals surface area contributed by atoms with Crippen LogP contribution >= 0.6 is 11.3 Å². The zero-order valence-electron chi connectivity index (χ0n) is 11.6. The summed E-state index contributed by atoms with van der Waals surface area (Å²) in [5.41, 5.74) is 6.27. The van der Waals surface area contributed by atoms with E-state index in [1.165, 1.54) is 24.3 Å². The predicted octanol–water partition coefficient (Wildman–Crippen LogP) is 1.65.